The Morgan fingerprint density at radius 2 is 2.32 bits per heavy atom. The maximum atomic E-state index is 11.6. The Kier molecular flexibility index (Phi) is 3.66. The van der Waals surface area contributed by atoms with E-state index < -0.39 is 5.97 Å². The van der Waals surface area contributed by atoms with Crippen molar-refractivity contribution < 1.29 is 14.3 Å². The molecular formula is C14H20N2O3. The second-order valence-corrected chi connectivity index (χ2v) is 5.06. The number of hydrogen-bond donors (Lipinski definition) is 2. The predicted octanol–water partition coefficient (Wildman–Crippen LogP) is 2.03. The quantitative estimate of drug-likeness (QED) is 0.645. The van der Waals surface area contributed by atoms with Gasteiger partial charge in [0.2, 0.25) is 0 Å². The second kappa shape index (κ2) is 5.09. The van der Waals surface area contributed by atoms with Crippen LogP contribution in [0.1, 0.15) is 30.6 Å². The molecule has 3 N–H and O–H groups in total. The van der Waals surface area contributed by atoms with E-state index in [0.717, 1.165) is 18.7 Å². The van der Waals surface area contributed by atoms with E-state index in [2.05, 4.69) is 12.2 Å². The summed E-state index contributed by atoms with van der Waals surface area (Å²) < 4.78 is 10.3. The third-order valence-electron chi connectivity index (χ3n) is 3.82. The fourth-order valence-electron chi connectivity index (χ4n) is 2.27. The Morgan fingerprint density at radius 3 is 2.89 bits per heavy atom. The number of benzene rings is 1. The van der Waals surface area contributed by atoms with Crippen molar-refractivity contribution in [1.29, 1.82) is 0 Å². The highest BCUT2D eigenvalue weighted by Crippen LogP contribution is 2.33. The van der Waals surface area contributed by atoms with Gasteiger partial charge in [-0.05, 0) is 32.4 Å². The standard InChI is InChI=1S/C14H20N2O3/c1-9-14(2,7-8-19-9)16-11-6-4-5-10(12(11)15)13(17)18-3/h4-6,9,16H,7-8,15H2,1-3H3. The van der Waals surface area contributed by atoms with Crippen LogP contribution in [0.25, 0.3) is 0 Å². The minimum atomic E-state index is -0.429. The van der Waals surface area contributed by atoms with E-state index in [1.165, 1.54) is 7.11 Å². The first-order valence-electron chi connectivity index (χ1n) is 6.34. The van der Waals surface area contributed by atoms with E-state index in [4.69, 9.17) is 15.2 Å². The highest BCUT2D eigenvalue weighted by atomic mass is 16.5. The van der Waals surface area contributed by atoms with Gasteiger partial charge in [0.25, 0.3) is 0 Å². The molecule has 1 heterocycles. The molecule has 1 aliphatic heterocycles. The zero-order valence-electron chi connectivity index (χ0n) is 11.5. The van der Waals surface area contributed by atoms with E-state index in [0.29, 0.717) is 11.3 Å². The van der Waals surface area contributed by atoms with Gasteiger partial charge in [-0.1, -0.05) is 6.07 Å². The molecule has 0 aromatic heterocycles. The largest absolute Gasteiger partial charge is 0.465 e. The molecule has 2 rings (SSSR count). The molecule has 0 amide bonds. The number of nitrogens with one attached hydrogen (secondary N) is 1. The van der Waals surface area contributed by atoms with Crippen LogP contribution >= 0.6 is 0 Å². The van der Waals surface area contributed by atoms with Gasteiger partial charge in [0.15, 0.2) is 0 Å². The van der Waals surface area contributed by atoms with Gasteiger partial charge < -0.3 is 20.5 Å². The second-order valence-electron chi connectivity index (χ2n) is 5.06. The third kappa shape index (κ3) is 2.51. The number of ether oxygens (including phenoxy) is 2. The summed E-state index contributed by atoms with van der Waals surface area (Å²) in [7, 11) is 1.34. The average molecular weight is 264 g/mol. The van der Waals surface area contributed by atoms with Crippen LogP contribution in [-0.2, 0) is 9.47 Å². The van der Waals surface area contributed by atoms with Gasteiger partial charge >= 0.3 is 5.97 Å². The van der Waals surface area contributed by atoms with Crippen LogP contribution in [0.4, 0.5) is 11.4 Å². The minimum Gasteiger partial charge on any atom is -0.465 e. The molecule has 5 nitrogen and oxygen atoms in total. The molecule has 1 fully saturated rings. The van der Waals surface area contributed by atoms with Gasteiger partial charge in [0, 0.05) is 6.61 Å². The molecular weight excluding hydrogens is 244 g/mol. The molecule has 0 aliphatic carbocycles. The molecule has 0 saturated carbocycles. The van der Waals surface area contributed by atoms with Crippen LogP contribution in [0.2, 0.25) is 0 Å². The number of esters is 1. The van der Waals surface area contributed by atoms with Crippen LogP contribution in [-0.4, -0.2) is 31.3 Å². The first-order chi connectivity index (χ1) is 8.98. The molecule has 0 spiro atoms. The normalized spacial score (nSPS) is 26.2. The number of hydrogen-bond acceptors (Lipinski definition) is 5. The van der Waals surface area contributed by atoms with Gasteiger partial charge in [0.1, 0.15) is 0 Å². The highest BCUT2D eigenvalue weighted by molar-refractivity contribution is 5.98. The lowest BCUT2D eigenvalue weighted by Crippen LogP contribution is -2.41. The van der Waals surface area contributed by atoms with Crippen LogP contribution in [0.3, 0.4) is 0 Å². The number of rotatable bonds is 3. The topological polar surface area (TPSA) is 73.6 Å². The summed E-state index contributed by atoms with van der Waals surface area (Å²) in [6.07, 6.45) is 0.990. The number of para-hydroxylation sites is 1. The zero-order valence-corrected chi connectivity index (χ0v) is 11.5. The molecule has 1 aliphatic rings. The van der Waals surface area contributed by atoms with Crippen molar-refractivity contribution in [3.05, 3.63) is 23.8 Å². The molecule has 0 radical (unpaired) electrons. The van der Waals surface area contributed by atoms with E-state index in [-0.39, 0.29) is 11.6 Å². The third-order valence-corrected chi connectivity index (χ3v) is 3.82. The Bertz CT molecular complexity index is 490. The molecule has 2 atom stereocenters. The van der Waals surface area contributed by atoms with E-state index in [1.807, 2.05) is 13.0 Å². The van der Waals surface area contributed by atoms with Gasteiger partial charge in [-0.25, -0.2) is 4.79 Å². The molecule has 1 saturated heterocycles. The number of methoxy groups -OCH3 is 1. The fourth-order valence-corrected chi connectivity index (χ4v) is 2.27. The average Bonchev–Trinajstić information content (AvgIpc) is 2.71. The Labute approximate surface area is 113 Å². The number of nitrogens with two attached hydrogens (primary N) is 1. The molecule has 1 aromatic rings. The van der Waals surface area contributed by atoms with Crippen molar-refractivity contribution in [3.63, 3.8) is 0 Å². The van der Waals surface area contributed by atoms with Crippen LogP contribution in [0, 0.1) is 0 Å². The molecule has 19 heavy (non-hydrogen) atoms. The van der Waals surface area contributed by atoms with Crippen molar-refractivity contribution in [2.24, 2.45) is 0 Å². The van der Waals surface area contributed by atoms with Crippen molar-refractivity contribution in [3.8, 4) is 0 Å². The SMILES string of the molecule is COC(=O)c1cccc(NC2(C)CCOC2C)c1N. The number of nitrogen functional groups attached to an aromatic ring is 1. The van der Waals surface area contributed by atoms with Crippen molar-refractivity contribution in [2.75, 3.05) is 24.8 Å². The first-order valence-corrected chi connectivity index (χ1v) is 6.34. The van der Waals surface area contributed by atoms with Gasteiger partial charge in [-0.2, -0.15) is 0 Å². The van der Waals surface area contributed by atoms with Gasteiger partial charge in [0.05, 0.1) is 35.7 Å². The van der Waals surface area contributed by atoms with Crippen LogP contribution in [0.5, 0.6) is 0 Å². The number of anilines is 2. The Morgan fingerprint density at radius 1 is 1.58 bits per heavy atom. The molecule has 0 bridgehead atoms. The lowest BCUT2D eigenvalue weighted by Gasteiger charge is -2.31. The Balaban J connectivity index is 2.29. The molecule has 104 valence electrons. The van der Waals surface area contributed by atoms with Crippen LogP contribution in [0.15, 0.2) is 18.2 Å². The highest BCUT2D eigenvalue weighted by Gasteiger charge is 2.37. The minimum absolute atomic E-state index is 0.0914. The Hall–Kier alpha value is -1.75. The number of carbonyl (C=O) groups excluding carboxylic acids is 1. The smallest absolute Gasteiger partial charge is 0.340 e. The summed E-state index contributed by atoms with van der Waals surface area (Å²) in [5.41, 5.74) is 7.39. The van der Waals surface area contributed by atoms with Gasteiger partial charge in [-0.15, -0.1) is 0 Å². The summed E-state index contributed by atoms with van der Waals surface area (Å²) in [5, 5.41) is 3.40. The fraction of sp³-hybridized carbons (Fsp3) is 0.500. The predicted molar refractivity (Wildman–Crippen MR) is 74.3 cm³/mol. The maximum Gasteiger partial charge on any atom is 0.340 e. The summed E-state index contributed by atoms with van der Waals surface area (Å²) in [6.45, 7) is 4.84. The lowest BCUT2D eigenvalue weighted by molar-refractivity contribution is 0.0602. The summed E-state index contributed by atoms with van der Waals surface area (Å²) in [6, 6.07) is 5.30. The maximum absolute atomic E-state index is 11.6. The zero-order chi connectivity index (χ0) is 14.0. The van der Waals surface area contributed by atoms with E-state index >= 15 is 0 Å². The lowest BCUT2D eigenvalue weighted by atomic mass is 9.94. The molecule has 2 unspecified atom stereocenters. The number of carbonyl (C=O) groups is 1. The first kappa shape index (κ1) is 13.7. The van der Waals surface area contributed by atoms with E-state index in [1.54, 1.807) is 12.1 Å². The summed E-state index contributed by atoms with van der Waals surface area (Å²) >= 11 is 0. The summed E-state index contributed by atoms with van der Waals surface area (Å²) in [4.78, 5) is 11.6. The van der Waals surface area contributed by atoms with Crippen molar-refractivity contribution in [1.82, 2.24) is 0 Å². The molecule has 1 aromatic carbocycles. The monoisotopic (exact) mass is 264 g/mol. The van der Waals surface area contributed by atoms with Crippen molar-refractivity contribution in [2.45, 2.75) is 31.9 Å². The van der Waals surface area contributed by atoms with Gasteiger partial charge in [-0.3, -0.25) is 0 Å². The van der Waals surface area contributed by atoms with E-state index in [9.17, 15) is 4.79 Å². The molecule has 5 heteroatoms. The summed E-state index contributed by atoms with van der Waals surface area (Å²) in [5.74, 6) is -0.429. The van der Waals surface area contributed by atoms with Crippen molar-refractivity contribution >= 4 is 17.3 Å². The van der Waals surface area contributed by atoms with Crippen LogP contribution < -0.4 is 11.1 Å².